The van der Waals surface area contributed by atoms with E-state index < -0.39 is 0 Å². The van der Waals surface area contributed by atoms with Crippen LogP contribution in [0.5, 0.6) is 5.75 Å². The normalized spacial score (nSPS) is 10.8. The monoisotopic (exact) mass is 485 g/mol. The Hall–Kier alpha value is -2.42. The number of fused-ring (bicyclic) bond motifs is 1. The van der Waals surface area contributed by atoms with Crippen molar-refractivity contribution in [2.75, 3.05) is 12.4 Å². The van der Waals surface area contributed by atoms with E-state index in [1.165, 1.54) is 16.9 Å². The Labute approximate surface area is 184 Å². The number of rotatable bonds is 6. The number of halogens is 1. The molecule has 0 saturated carbocycles. The molecule has 146 valence electrons. The number of amides is 1. The summed E-state index contributed by atoms with van der Waals surface area (Å²) in [4.78, 5) is 12.8. The van der Waals surface area contributed by atoms with E-state index in [2.05, 4.69) is 43.6 Å². The van der Waals surface area contributed by atoms with Gasteiger partial charge in [-0.3, -0.25) is 10.1 Å². The summed E-state index contributed by atoms with van der Waals surface area (Å²) < 4.78 is 7.37. The Morgan fingerprint density at radius 1 is 1.10 bits per heavy atom. The zero-order chi connectivity index (χ0) is 20.2. The highest BCUT2D eigenvalue weighted by molar-refractivity contribution is 9.10. The van der Waals surface area contributed by atoms with Crippen LogP contribution in [0.15, 0.2) is 69.5 Å². The molecule has 1 heterocycles. The predicted octanol–water partition coefficient (Wildman–Crippen LogP) is 6.01. The molecule has 1 aromatic heterocycles. The van der Waals surface area contributed by atoms with Gasteiger partial charge in [0, 0.05) is 15.6 Å². The molecule has 0 saturated heterocycles. The topological polar surface area (TPSA) is 64.1 Å². The Morgan fingerprint density at radius 2 is 1.90 bits per heavy atom. The van der Waals surface area contributed by atoms with Gasteiger partial charge in [0.2, 0.25) is 5.13 Å². The summed E-state index contributed by atoms with van der Waals surface area (Å²) in [5, 5.41) is 13.5. The molecule has 0 bridgehead atoms. The van der Waals surface area contributed by atoms with Gasteiger partial charge in [-0.25, -0.2) is 0 Å². The van der Waals surface area contributed by atoms with Crippen LogP contribution in [0, 0.1) is 0 Å². The van der Waals surface area contributed by atoms with Crippen molar-refractivity contribution in [3.8, 4) is 5.75 Å². The molecule has 29 heavy (non-hydrogen) atoms. The third-order valence-corrected chi connectivity index (χ3v) is 6.80. The van der Waals surface area contributed by atoms with E-state index in [9.17, 15) is 4.79 Å². The van der Waals surface area contributed by atoms with Gasteiger partial charge in [0.05, 0.1) is 12.7 Å². The Kier molecular flexibility index (Phi) is 6.13. The Balaban J connectivity index is 1.46. The maximum atomic E-state index is 12.8. The van der Waals surface area contributed by atoms with E-state index in [1.807, 2.05) is 42.5 Å². The van der Waals surface area contributed by atoms with Crippen LogP contribution in [0.4, 0.5) is 5.13 Å². The number of nitrogens with one attached hydrogen (secondary N) is 1. The molecule has 0 unspecified atom stereocenters. The Morgan fingerprint density at radius 3 is 2.69 bits per heavy atom. The summed E-state index contributed by atoms with van der Waals surface area (Å²) >= 11 is 6.37. The standard InChI is InChI=1S/C21H16BrN3O2S2/c1-27-18-16-5-3-2-4-14(16)8-11-17(18)19(26)23-20-24-25-21(29-20)28-12-13-6-9-15(22)10-7-13/h2-11H,12H2,1H3,(H,23,24,26). The highest BCUT2D eigenvalue weighted by Gasteiger charge is 2.17. The van der Waals surface area contributed by atoms with Gasteiger partial charge in [0.25, 0.3) is 5.91 Å². The van der Waals surface area contributed by atoms with Crippen molar-refractivity contribution in [1.82, 2.24) is 10.2 Å². The fourth-order valence-corrected chi connectivity index (χ4v) is 4.82. The zero-order valence-corrected chi connectivity index (χ0v) is 18.6. The third-order valence-electron chi connectivity index (χ3n) is 4.23. The molecular formula is C21H16BrN3O2S2. The number of hydrogen-bond acceptors (Lipinski definition) is 6. The maximum absolute atomic E-state index is 12.8. The van der Waals surface area contributed by atoms with Crippen LogP contribution in [-0.4, -0.2) is 23.2 Å². The molecule has 8 heteroatoms. The molecule has 4 rings (SSSR count). The van der Waals surface area contributed by atoms with Crippen molar-refractivity contribution in [3.63, 3.8) is 0 Å². The van der Waals surface area contributed by atoms with Gasteiger partial charge in [-0.15, -0.1) is 10.2 Å². The molecular weight excluding hydrogens is 470 g/mol. The summed E-state index contributed by atoms with van der Waals surface area (Å²) in [5.74, 6) is 1.07. The summed E-state index contributed by atoms with van der Waals surface area (Å²) in [7, 11) is 1.57. The number of methoxy groups -OCH3 is 1. The third kappa shape index (κ3) is 4.60. The molecule has 1 amide bonds. The molecule has 0 radical (unpaired) electrons. The number of carbonyl (C=O) groups excluding carboxylic acids is 1. The van der Waals surface area contributed by atoms with Gasteiger partial charge in [0.1, 0.15) is 5.75 Å². The first kappa shape index (κ1) is 19.9. The van der Waals surface area contributed by atoms with Gasteiger partial charge >= 0.3 is 0 Å². The smallest absolute Gasteiger partial charge is 0.261 e. The number of hydrogen-bond donors (Lipinski definition) is 1. The number of anilines is 1. The van der Waals surface area contributed by atoms with E-state index >= 15 is 0 Å². The van der Waals surface area contributed by atoms with Crippen LogP contribution >= 0.6 is 39.0 Å². The molecule has 0 aliphatic rings. The van der Waals surface area contributed by atoms with Crippen molar-refractivity contribution in [3.05, 3.63) is 76.3 Å². The predicted molar refractivity (Wildman–Crippen MR) is 122 cm³/mol. The highest BCUT2D eigenvalue weighted by atomic mass is 79.9. The number of nitrogens with zero attached hydrogens (tertiary/aromatic N) is 2. The molecule has 0 atom stereocenters. The van der Waals surface area contributed by atoms with Crippen LogP contribution in [0.2, 0.25) is 0 Å². The van der Waals surface area contributed by atoms with Gasteiger partial charge < -0.3 is 4.74 Å². The second-order valence-electron chi connectivity index (χ2n) is 6.11. The molecule has 3 aromatic carbocycles. The van der Waals surface area contributed by atoms with Gasteiger partial charge in [-0.05, 0) is 29.1 Å². The molecule has 0 fully saturated rings. The lowest BCUT2D eigenvalue weighted by atomic mass is 10.0. The number of ether oxygens (including phenoxy) is 1. The van der Waals surface area contributed by atoms with Gasteiger partial charge in [-0.1, -0.05) is 81.5 Å². The van der Waals surface area contributed by atoms with Crippen molar-refractivity contribution in [2.45, 2.75) is 10.1 Å². The average molecular weight is 486 g/mol. The SMILES string of the molecule is COc1c(C(=O)Nc2nnc(SCc3ccc(Br)cc3)s2)ccc2ccccc12. The fourth-order valence-electron chi connectivity index (χ4n) is 2.85. The van der Waals surface area contributed by atoms with E-state index in [4.69, 9.17) is 4.74 Å². The van der Waals surface area contributed by atoms with Crippen molar-refractivity contribution in [1.29, 1.82) is 0 Å². The van der Waals surface area contributed by atoms with Gasteiger partial charge in [0.15, 0.2) is 4.34 Å². The summed E-state index contributed by atoms with van der Waals surface area (Å²) in [6.07, 6.45) is 0. The number of benzene rings is 3. The maximum Gasteiger partial charge on any atom is 0.261 e. The van der Waals surface area contributed by atoms with E-state index in [0.29, 0.717) is 16.4 Å². The Bertz CT molecular complexity index is 1160. The van der Waals surface area contributed by atoms with Crippen LogP contribution in [-0.2, 0) is 5.75 Å². The van der Waals surface area contributed by atoms with E-state index in [0.717, 1.165) is 25.3 Å². The first-order valence-corrected chi connectivity index (χ1v) is 11.3. The number of carbonyl (C=O) groups is 1. The minimum absolute atomic E-state index is 0.270. The molecule has 0 spiro atoms. The van der Waals surface area contributed by atoms with Gasteiger partial charge in [-0.2, -0.15) is 0 Å². The van der Waals surface area contributed by atoms with Crippen molar-refractivity contribution >= 4 is 60.8 Å². The zero-order valence-electron chi connectivity index (χ0n) is 15.4. The second-order valence-corrected chi connectivity index (χ2v) is 9.23. The summed E-state index contributed by atoms with van der Waals surface area (Å²) in [6, 6.07) is 19.6. The van der Waals surface area contributed by atoms with Crippen LogP contribution < -0.4 is 10.1 Å². The molecule has 0 aliphatic carbocycles. The van der Waals surface area contributed by atoms with Crippen LogP contribution in [0.25, 0.3) is 10.8 Å². The number of thioether (sulfide) groups is 1. The highest BCUT2D eigenvalue weighted by Crippen LogP contribution is 2.32. The lowest BCUT2D eigenvalue weighted by Crippen LogP contribution is -2.13. The molecule has 4 aromatic rings. The van der Waals surface area contributed by atoms with E-state index in [-0.39, 0.29) is 5.91 Å². The first-order valence-electron chi connectivity index (χ1n) is 8.72. The van der Waals surface area contributed by atoms with Crippen molar-refractivity contribution < 1.29 is 9.53 Å². The summed E-state index contributed by atoms with van der Waals surface area (Å²) in [6.45, 7) is 0. The number of aromatic nitrogens is 2. The lowest BCUT2D eigenvalue weighted by molar-refractivity contribution is 0.102. The second kappa shape index (κ2) is 8.94. The minimum Gasteiger partial charge on any atom is -0.495 e. The summed E-state index contributed by atoms with van der Waals surface area (Å²) in [5.41, 5.74) is 1.66. The van der Waals surface area contributed by atoms with E-state index in [1.54, 1.807) is 24.9 Å². The lowest BCUT2D eigenvalue weighted by Gasteiger charge is -2.11. The van der Waals surface area contributed by atoms with Crippen LogP contribution in [0.1, 0.15) is 15.9 Å². The largest absolute Gasteiger partial charge is 0.495 e. The molecule has 5 nitrogen and oxygen atoms in total. The fraction of sp³-hybridized carbons (Fsp3) is 0.0952. The average Bonchev–Trinajstić information content (AvgIpc) is 3.19. The quantitative estimate of drug-likeness (QED) is 0.267. The van der Waals surface area contributed by atoms with Crippen LogP contribution in [0.3, 0.4) is 0 Å². The molecule has 0 aliphatic heterocycles. The molecule has 1 N–H and O–H groups in total. The van der Waals surface area contributed by atoms with Crippen molar-refractivity contribution in [2.24, 2.45) is 0 Å². The first-order chi connectivity index (χ1) is 14.1. The minimum atomic E-state index is -0.270.